The Morgan fingerprint density at radius 3 is 2.24 bits per heavy atom. The van der Waals surface area contributed by atoms with Gasteiger partial charge in [-0.25, -0.2) is 8.42 Å². The van der Waals surface area contributed by atoms with Crippen LogP contribution in [0.5, 0.6) is 0 Å². The highest BCUT2D eigenvalue weighted by molar-refractivity contribution is 7.89. The van der Waals surface area contributed by atoms with Crippen molar-refractivity contribution in [3.8, 4) is 0 Å². The summed E-state index contributed by atoms with van der Waals surface area (Å²) in [6.45, 7) is 2.68. The number of aryl methyl sites for hydroxylation is 1. The molecule has 1 aliphatic rings. The highest BCUT2D eigenvalue weighted by Gasteiger charge is 2.30. The molecule has 0 atom stereocenters. The van der Waals surface area contributed by atoms with Crippen LogP contribution in [0.15, 0.2) is 53.4 Å². The van der Waals surface area contributed by atoms with Crippen molar-refractivity contribution in [2.45, 2.75) is 11.8 Å². The third-order valence-corrected chi connectivity index (χ3v) is 7.01. The van der Waals surface area contributed by atoms with Crippen molar-refractivity contribution in [2.24, 2.45) is 0 Å². The molecule has 1 N–H and O–H groups in total. The maximum atomic E-state index is 12.7. The van der Waals surface area contributed by atoms with E-state index in [4.69, 9.17) is 11.6 Å². The lowest BCUT2D eigenvalue weighted by atomic mass is 10.2. The molecule has 2 aromatic carbocycles. The van der Waals surface area contributed by atoms with Crippen LogP contribution in [-0.4, -0.2) is 62.2 Å². The number of nitrogens with one attached hydrogen (secondary N) is 1. The third-order valence-electron chi connectivity index (χ3n) is 4.77. The van der Waals surface area contributed by atoms with Crippen molar-refractivity contribution in [3.05, 3.63) is 64.7 Å². The monoisotopic (exact) mass is 435 g/mol. The molecule has 0 unspecified atom stereocenters. The molecule has 2 aromatic rings. The van der Waals surface area contributed by atoms with E-state index in [1.165, 1.54) is 4.31 Å². The molecule has 0 radical (unpaired) electrons. The number of hydrogen-bond donors (Lipinski definition) is 1. The van der Waals surface area contributed by atoms with Gasteiger partial charge < -0.3 is 10.2 Å². The Kier molecular flexibility index (Phi) is 6.56. The molecule has 0 bridgehead atoms. The number of piperazine rings is 1. The lowest BCUT2D eigenvalue weighted by Crippen LogP contribution is -2.52. The molecular formula is C20H22ClN3O4S. The van der Waals surface area contributed by atoms with Gasteiger partial charge in [0.25, 0.3) is 5.91 Å². The first-order valence-electron chi connectivity index (χ1n) is 9.16. The first-order chi connectivity index (χ1) is 13.8. The first kappa shape index (κ1) is 21.3. The highest BCUT2D eigenvalue weighted by Crippen LogP contribution is 2.18. The normalized spacial score (nSPS) is 15.2. The van der Waals surface area contributed by atoms with Crippen LogP contribution in [0.2, 0.25) is 5.02 Å². The first-order valence-corrected chi connectivity index (χ1v) is 11.0. The van der Waals surface area contributed by atoms with Crippen molar-refractivity contribution in [3.63, 3.8) is 0 Å². The van der Waals surface area contributed by atoms with E-state index >= 15 is 0 Å². The predicted molar refractivity (Wildman–Crippen MR) is 110 cm³/mol. The Hall–Kier alpha value is -2.42. The fourth-order valence-corrected chi connectivity index (χ4v) is 4.69. The zero-order chi connectivity index (χ0) is 21.0. The van der Waals surface area contributed by atoms with E-state index in [9.17, 15) is 18.0 Å². The number of benzene rings is 2. The topological polar surface area (TPSA) is 86.8 Å². The average molecular weight is 436 g/mol. The maximum absolute atomic E-state index is 12.7. The standard InChI is InChI=1S/C20H22ClN3O4S/c1-15-6-8-16(9-7-15)29(27,28)24-12-10-23(11-13-24)19(25)14-22-20(26)17-4-2-3-5-18(17)21/h2-9H,10-14H2,1H3,(H,22,26). The molecule has 9 heteroatoms. The summed E-state index contributed by atoms with van der Waals surface area (Å²) in [4.78, 5) is 26.4. The van der Waals surface area contributed by atoms with Crippen LogP contribution in [0.3, 0.4) is 0 Å². The Morgan fingerprint density at radius 1 is 1.00 bits per heavy atom. The molecule has 29 heavy (non-hydrogen) atoms. The Balaban J connectivity index is 1.53. The van der Waals surface area contributed by atoms with Gasteiger partial charge in [0.2, 0.25) is 15.9 Å². The smallest absolute Gasteiger partial charge is 0.253 e. The summed E-state index contributed by atoms with van der Waals surface area (Å²) >= 11 is 5.98. The van der Waals surface area contributed by atoms with Gasteiger partial charge in [-0.05, 0) is 31.2 Å². The van der Waals surface area contributed by atoms with Gasteiger partial charge in [-0.1, -0.05) is 41.4 Å². The van der Waals surface area contributed by atoms with Gasteiger partial charge in [0.15, 0.2) is 0 Å². The van der Waals surface area contributed by atoms with Crippen LogP contribution in [0.1, 0.15) is 15.9 Å². The molecular weight excluding hydrogens is 414 g/mol. The Bertz CT molecular complexity index is 1000. The molecule has 0 aromatic heterocycles. The molecule has 7 nitrogen and oxygen atoms in total. The summed E-state index contributed by atoms with van der Waals surface area (Å²) in [5.74, 6) is -0.692. The van der Waals surface area contributed by atoms with Gasteiger partial charge >= 0.3 is 0 Å². The summed E-state index contributed by atoms with van der Waals surface area (Å²) in [5.41, 5.74) is 1.29. The number of amides is 2. The number of sulfonamides is 1. The highest BCUT2D eigenvalue weighted by atomic mass is 35.5. The fourth-order valence-electron chi connectivity index (χ4n) is 3.05. The zero-order valence-corrected chi connectivity index (χ0v) is 17.5. The second kappa shape index (κ2) is 8.94. The quantitative estimate of drug-likeness (QED) is 0.777. The van der Waals surface area contributed by atoms with Crippen LogP contribution < -0.4 is 5.32 Å². The maximum Gasteiger partial charge on any atom is 0.253 e. The number of carbonyl (C=O) groups is 2. The predicted octanol–water partition coefficient (Wildman–Crippen LogP) is 1.91. The van der Waals surface area contributed by atoms with E-state index in [0.717, 1.165) is 5.56 Å². The van der Waals surface area contributed by atoms with Crippen LogP contribution in [-0.2, 0) is 14.8 Å². The molecule has 1 heterocycles. The number of carbonyl (C=O) groups excluding carboxylic acids is 2. The zero-order valence-electron chi connectivity index (χ0n) is 16.0. The van der Waals surface area contributed by atoms with Crippen molar-refractivity contribution in [2.75, 3.05) is 32.7 Å². The van der Waals surface area contributed by atoms with Gasteiger partial charge in [-0.2, -0.15) is 4.31 Å². The van der Waals surface area contributed by atoms with Crippen molar-refractivity contribution < 1.29 is 18.0 Å². The molecule has 2 amide bonds. The van der Waals surface area contributed by atoms with Crippen LogP contribution in [0.25, 0.3) is 0 Å². The van der Waals surface area contributed by atoms with Crippen molar-refractivity contribution >= 4 is 33.4 Å². The summed E-state index contributed by atoms with van der Waals surface area (Å²) in [6, 6.07) is 13.3. The van der Waals surface area contributed by atoms with E-state index in [2.05, 4.69) is 5.32 Å². The minimum Gasteiger partial charge on any atom is -0.343 e. The van der Waals surface area contributed by atoms with Crippen molar-refractivity contribution in [1.82, 2.24) is 14.5 Å². The Labute approximate surface area is 175 Å². The number of rotatable bonds is 5. The van der Waals surface area contributed by atoms with Gasteiger partial charge in [0, 0.05) is 26.2 Å². The lowest BCUT2D eigenvalue weighted by molar-refractivity contribution is -0.131. The lowest BCUT2D eigenvalue weighted by Gasteiger charge is -2.34. The largest absolute Gasteiger partial charge is 0.343 e. The molecule has 0 saturated carbocycles. The van der Waals surface area contributed by atoms with Gasteiger partial charge in [0.05, 0.1) is 22.0 Å². The molecule has 3 rings (SSSR count). The van der Waals surface area contributed by atoms with Gasteiger partial charge in [-0.15, -0.1) is 0 Å². The van der Waals surface area contributed by atoms with Gasteiger partial charge in [0.1, 0.15) is 0 Å². The number of nitrogens with zero attached hydrogens (tertiary/aromatic N) is 2. The molecule has 1 aliphatic heterocycles. The van der Waals surface area contributed by atoms with E-state index in [-0.39, 0.29) is 43.5 Å². The molecule has 1 saturated heterocycles. The second-order valence-corrected chi connectivity index (χ2v) is 9.11. The summed E-state index contributed by atoms with van der Waals surface area (Å²) in [7, 11) is -3.58. The summed E-state index contributed by atoms with van der Waals surface area (Å²) < 4.78 is 26.8. The van der Waals surface area contributed by atoms with E-state index < -0.39 is 15.9 Å². The minimum atomic E-state index is -3.58. The Morgan fingerprint density at radius 2 is 1.62 bits per heavy atom. The summed E-state index contributed by atoms with van der Waals surface area (Å²) in [5, 5.41) is 2.88. The molecule has 154 valence electrons. The van der Waals surface area contributed by atoms with E-state index in [0.29, 0.717) is 10.6 Å². The van der Waals surface area contributed by atoms with E-state index in [1.54, 1.807) is 53.4 Å². The van der Waals surface area contributed by atoms with Crippen LogP contribution in [0.4, 0.5) is 0 Å². The molecule has 0 spiro atoms. The second-order valence-electron chi connectivity index (χ2n) is 6.76. The molecule has 0 aliphatic carbocycles. The number of halogens is 1. The molecule has 1 fully saturated rings. The van der Waals surface area contributed by atoms with Crippen LogP contribution in [0, 0.1) is 6.92 Å². The number of hydrogen-bond acceptors (Lipinski definition) is 4. The summed E-state index contributed by atoms with van der Waals surface area (Å²) in [6.07, 6.45) is 0. The van der Waals surface area contributed by atoms with Gasteiger partial charge in [-0.3, -0.25) is 9.59 Å². The SMILES string of the molecule is Cc1ccc(S(=O)(=O)N2CCN(C(=O)CNC(=O)c3ccccc3Cl)CC2)cc1. The average Bonchev–Trinajstić information content (AvgIpc) is 2.72. The van der Waals surface area contributed by atoms with Crippen molar-refractivity contribution in [1.29, 1.82) is 0 Å². The fraction of sp³-hybridized carbons (Fsp3) is 0.300. The van der Waals surface area contributed by atoms with Crippen LogP contribution >= 0.6 is 11.6 Å². The third kappa shape index (κ3) is 4.95. The van der Waals surface area contributed by atoms with E-state index in [1.807, 2.05) is 6.92 Å². The minimum absolute atomic E-state index is 0.172.